The first-order valence-electron chi connectivity index (χ1n) is 6.39. The van der Waals surface area contributed by atoms with Crippen LogP contribution in [-0.2, 0) is 20.1 Å². The molecule has 2 heterocycles. The fraction of sp³-hybridized carbons (Fsp3) is 0.125. The average molecular weight is 605 g/mol. The summed E-state index contributed by atoms with van der Waals surface area (Å²) in [4.78, 5) is 4.22. The van der Waals surface area contributed by atoms with Crippen LogP contribution >= 0.6 is 0 Å². The summed E-state index contributed by atoms with van der Waals surface area (Å²) >= 11 is 0. The van der Waals surface area contributed by atoms with Gasteiger partial charge in [0.25, 0.3) is 7.98 Å². The number of nitrogens with zero attached hydrogens (tertiary/aromatic N) is 3. The molecule has 0 N–H and O–H groups in total. The van der Waals surface area contributed by atoms with Crippen molar-refractivity contribution in [1.29, 1.82) is 0 Å². The number of hydrogen-bond acceptors (Lipinski definition) is 2. The van der Waals surface area contributed by atoms with Crippen LogP contribution in [0.1, 0.15) is 11.4 Å². The summed E-state index contributed by atoms with van der Waals surface area (Å²) in [5.74, 6) is 0. The van der Waals surface area contributed by atoms with E-state index in [1.165, 1.54) is 0 Å². The average Bonchev–Trinajstić information content (AvgIpc) is 2.78. The number of aromatic nitrogens is 3. The quantitative estimate of drug-likeness (QED) is 0.316. The Hall–Kier alpha value is -0.121. The van der Waals surface area contributed by atoms with Crippen molar-refractivity contribution >= 4 is 7.98 Å². The summed E-state index contributed by atoms with van der Waals surface area (Å²) in [6.45, 7) is 3.93. The Morgan fingerprint density at radius 3 is 2.23 bits per heavy atom. The molecule has 2 aromatic heterocycles. The van der Waals surface area contributed by atoms with Gasteiger partial charge in [-0.1, -0.05) is 12.1 Å². The van der Waals surface area contributed by atoms with Crippen LogP contribution in [0.3, 0.4) is 0 Å². The summed E-state index contributed by atoms with van der Waals surface area (Å²) in [6, 6.07) is 18.8. The van der Waals surface area contributed by atoms with Gasteiger partial charge in [-0.3, -0.25) is 0 Å². The third-order valence-electron chi connectivity index (χ3n) is 2.75. The predicted octanol–water partition coefficient (Wildman–Crippen LogP) is 2.71. The standard InChI is InChI=1S/C11H8N.C5H8BN2.Eu.Ir/c1-2-6-10(7-3-1)11-8-4-5-9-12-11;1-4-3-5(2)8(6)7-4;;/h1-6,8-9H;3,6H,1-2H3;;/q-1;;;. The number of benzene rings is 1. The van der Waals surface area contributed by atoms with Crippen LogP contribution in [0.15, 0.2) is 54.7 Å². The maximum atomic E-state index is 4.22. The van der Waals surface area contributed by atoms with Crippen LogP contribution in [0.4, 0.5) is 0 Å². The monoisotopic (exact) mass is 607 g/mol. The van der Waals surface area contributed by atoms with Gasteiger partial charge in [0, 0.05) is 81.4 Å². The Morgan fingerprint density at radius 2 is 1.82 bits per heavy atom. The van der Waals surface area contributed by atoms with Gasteiger partial charge in [-0.15, -0.1) is 35.9 Å². The third kappa shape index (κ3) is 6.97. The minimum absolute atomic E-state index is 0. The largest absolute Gasteiger partial charge is 0.326 e. The van der Waals surface area contributed by atoms with E-state index in [0.29, 0.717) is 0 Å². The molecule has 0 aliphatic carbocycles. The summed E-state index contributed by atoms with van der Waals surface area (Å²) in [5.41, 5.74) is 4.14. The maximum absolute atomic E-state index is 4.22. The molecule has 3 rings (SSSR count). The van der Waals surface area contributed by atoms with E-state index in [4.69, 9.17) is 0 Å². The molecular weight excluding hydrogens is 589 g/mol. The van der Waals surface area contributed by atoms with Crippen LogP contribution in [0.5, 0.6) is 0 Å². The molecule has 0 fully saturated rings. The van der Waals surface area contributed by atoms with Gasteiger partial charge >= 0.3 is 0 Å². The number of pyridine rings is 1. The Morgan fingerprint density at radius 1 is 1.09 bits per heavy atom. The molecule has 0 spiro atoms. The second-order valence-corrected chi connectivity index (χ2v) is 4.42. The SMILES string of the molecule is [BH]n1nc(C)cc1C.[Eu].[Ir].[c-]1ccccc1-c1ccccn1. The first kappa shape index (κ1) is 21.9. The Balaban J connectivity index is 0.000000393. The van der Waals surface area contributed by atoms with Gasteiger partial charge < -0.3 is 9.58 Å². The molecule has 0 atom stereocenters. The molecule has 0 saturated heterocycles. The van der Waals surface area contributed by atoms with E-state index < -0.39 is 0 Å². The normalized spacial score (nSPS) is 8.82. The van der Waals surface area contributed by atoms with Crippen LogP contribution in [0.2, 0.25) is 0 Å². The molecule has 6 heteroatoms. The molecule has 1 aromatic carbocycles. The van der Waals surface area contributed by atoms with Crippen molar-refractivity contribution in [2.75, 3.05) is 0 Å². The van der Waals surface area contributed by atoms with Crippen molar-refractivity contribution < 1.29 is 69.5 Å². The van der Waals surface area contributed by atoms with Gasteiger partial charge in [0.2, 0.25) is 0 Å². The van der Waals surface area contributed by atoms with E-state index >= 15 is 0 Å². The van der Waals surface area contributed by atoms with Crippen molar-refractivity contribution in [1.82, 2.24) is 14.7 Å². The van der Waals surface area contributed by atoms with Gasteiger partial charge in [0.15, 0.2) is 0 Å². The zero-order valence-corrected chi connectivity index (χ0v) is 17.3. The molecule has 3 radical (unpaired) electrons. The smallest absolute Gasteiger partial charge is 0.258 e. The van der Waals surface area contributed by atoms with E-state index in [-0.39, 0.29) is 69.5 Å². The molecule has 22 heavy (non-hydrogen) atoms. The molecule has 0 saturated carbocycles. The summed E-state index contributed by atoms with van der Waals surface area (Å²) in [6.07, 6.45) is 1.79. The van der Waals surface area contributed by atoms with Crippen LogP contribution in [-0.4, -0.2) is 22.7 Å². The fourth-order valence-electron chi connectivity index (χ4n) is 1.75. The van der Waals surface area contributed by atoms with E-state index in [1.54, 1.807) is 10.8 Å². The Bertz CT molecular complexity index is 603. The molecule has 0 amide bonds. The molecule has 3 aromatic rings. The van der Waals surface area contributed by atoms with Gasteiger partial charge in [-0.2, -0.15) is 5.10 Å². The molecular formula is C16H16BEuIrN3-. The minimum atomic E-state index is 0. The van der Waals surface area contributed by atoms with Crippen molar-refractivity contribution in [3.63, 3.8) is 0 Å². The number of hydrogen-bond donors (Lipinski definition) is 0. The zero-order chi connectivity index (χ0) is 14.4. The van der Waals surface area contributed by atoms with Crippen molar-refractivity contribution in [3.8, 4) is 11.3 Å². The van der Waals surface area contributed by atoms with Gasteiger partial charge in [-0.05, 0) is 31.7 Å². The molecule has 0 unspecified atom stereocenters. The molecule has 0 aliphatic heterocycles. The molecule has 0 bridgehead atoms. The topological polar surface area (TPSA) is 30.7 Å². The number of aryl methyl sites for hydroxylation is 2. The van der Waals surface area contributed by atoms with E-state index in [1.807, 2.05) is 62.4 Å². The molecule has 115 valence electrons. The number of rotatable bonds is 1. The second kappa shape index (κ2) is 11.4. The minimum Gasteiger partial charge on any atom is -0.326 e. The van der Waals surface area contributed by atoms with Crippen molar-refractivity contribution in [2.24, 2.45) is 0 Å². The Kier molecular flexibility index (Phi) is 11.4. The van der Waals surface area contributed by atoms with E-state index in [0.717, 1.165) is 22.6 Å². The van der Waals surface area contributed by atoms with Crippen molar-refractivity contribution in [3.05, 3.63) is 72.2 Å². The summed E-state index contributed by atoms with van der Waals surface area (Å²) < 4.78 is 1.62. The van der Waals surface area contributed by atoms with Gasteiger partial charge in [0.1, 0.15) is 0 Å². The van der Waals surface area contributed by atoms with Gasteiger partial charge in [0.05, 0.1) is 5.69 Å². The van der Waals surface area contributed by atoms with Crippen molar-refractivity contribution in [2.45, 2.75) is 13.8 Å². The summed E-state index contributed by atoms with van der Waals surface area (Å²) in [7, 11) is 3.65. The van der Waals surface area contributed by atoms with E-state index in [9.17, 15) is 0 Å². The van der Waals surface area contributed by atoms with Gasteiger partial charge in [-0.25, -0.2) is 0 Å². The fourth-order valence-corrected chi connectivity index (χ4v) is 1.75. The first-order chi connectivity index (χ1) is 9.66. The van der Waals surface area contributed by atoms with E-state index in [2.05, 4.69) is 24.1 Å². The van der Waals surface area contributed by atoms with Crippen LogP contribution in [0, 0.1) is 69.3 Å². The maximum Gasteiger partial charge on any atom is 0.258 e. The second-order valence-electron chi connectivity index (χ2n) is 4.42. The first-order valence-corrected chi connectivity index (χ1v) is 6.39. The Labute approximate surface area is 187 Å². The predicted molar refractivity (Wildman–Crippen MR) is 82.8 cm³/mol. The summed E-state index contributed by atoms with van der Waals surface area (Å²) in [5, 5.41) is 4.02. The molecule has 3 nitrogen and oxygen atoms in total. The third-order valence-corrected chi connectivity index (χ3v) is 2.75. The zero-order valence-electron chi connectivity index (χ0n) is 12.5. The van der Waals surface area contributed by atoms with Crippen LogP contribution in [0.25, 0.3) is 11.3 Å². The van der Waals surface area contributed by atoms with Crippen LogP contribution < -0.4 is 0 Å². The molecule has 0 aliphatic rings.